The topological polar surface area (TPSA) is 54.9 Å². The van der Waals surface area contributed by atoms with Gasteiger partial charge in [-0.15, -0.1) is 0 Å². The average molecular weight is 436 g/mol. The summed E-state index contributed by atoms with van der Waals surface area (Å²) in [5, 5.41) is 3.95. The Morgan fingerprint density at radius 3 is 2.75 bits per heavy atom. The summed E-state index contributed by atoms with van der Waals surface area (Å²) in [7, 11) is 0. The third kappa shape index (κ3) is 4.30. The first-order chi connectivity index (χ1) is 13.7. The molecule has 0 spiro atoms. The Morgan fingerprint density at radius 2 is 1.96 bits per heavy atom. The fourth-order valence-corrected chi connectivity index (χ4v) is 3.98. The lowest BCUT2D eigenvalue weighted by molar-refractivity contribution is 0.0955. The molecule has 4 nitrogen and oxygen atoms in total. The van der Waals surface area contributed by atoms with Gasteiger partial charge >= 0.3 is 0 Å². The first-order valence-corrected chi connectivity index (χ1v) is 10.5. The van der Waals surface area contributed by atoms with Crippen molar-refractivity contribution in [3.63, 3.8) is 0 Å². The standard InChI is InChI=1S/C23H22BrN3O/c24-18-6-7-21-19(14-18)20(15-22(27-21)17-9-11-25-12-10-17)23(28)26-13-8-16-4-2-1-3-5-16/h4,6-7,9-12,14-15H,1-3,5,8,13H2,(H,26,28). The van der Waals surface area contributed by atoms with Crippen molar-refractivity contribution in [1.82, 2.24) is 15.3 Å². The lowest BCUT2D eigenvalue weighted by atomic mass is 9.97. The normalized spacial score (nSPS) is 14.0. The third-order valence-electron chi connectivity index (χ3n) is 5.11. The number of nitrogens with one attached hydrogen (secondary N) is 1. The Kier molecular flexibility index (Phi) is 5.81. The van der Waals surface area contributed by atoms with Crippen molar-refractivity contribution >= 4 is 32.7 Å². The van der Waals surface area contributed by atoms with Crippen molar-refractivity contribution < 1.29 is 4.79 Å². The molecule has 0 fully saturated rings. The second kappa shape index (κ2) is 8.65. The zero-order chi connectivity index (χ0) is 19.3. The van der Waals surface area contributed by atoms with Crippen LogP contribution in [-0.4, -0.2) is 22.4 Å². The summed E-state index contributed by atoms with van der Waals surface area (Å²) in [5.41, 5.74) is 4.64. The Labute approximate surface area is 173 Å². The maximum atomic E-state index is 13.0. The second-order valence-electron chi connectivity index (χ2n) is 7.07. The van der Waals surface area contributed by atoms with Crippen LogP contribution in [0.5, 0.6) is 0 Å². The monoisotopic (exact) mass is 435 g/mol. The molecule has 0 bridgehead atoms. The number of aromatic nitrogens is 2. The largest absolute Gasteiger partial charge is 0.352 e. The van der Waals surface area contributed by atoms with Crippen molar-refractivity contribution in [1.29, 1.82) is 0 Å². The smallest absolute Gasteiger partial charge is 0.252 e. The maximum absolute atomic E-state index is 13.0. The molecular formula is C23H22BrN3O. The van der Waals surface area contributed by atoms with Gasteiger partial charge in [-0.3, -0.25) is 9.78 Å². The van der Waals surface area contributed by atoms with Crippen LogP contribution >= 0.6 is 15.9 Å². The second-order valence-corrected chi connectivity index (χ2v) is 7.98. The number of allylic oxidation sites excluding steroid dienone is 1. The summed E-state index contributed by atoms with van der Waals surface area (Å²) in [6, 6.07) is 11.5. The van der Waals surface area contributed by atoms with Crippen LogP contribution in [0.15, 0.2) is 64.9 Å². The van der Waals surface area contributed by atoms with Gasteiger partial charge in [-0.05, 0) is 68.5 Å². The molecule has 1 aliphatic rings. The first-order valence-electron chi connectivity index (χ1n) is 9.67. The van der Waals surface area contributed by atoms with E-state index in [0.717, 1.165) is 39.5 Å². The lowest BCUT2D eigenvalue weighted by Crippen LogP contribution is -2.25. The van der Waals surface area contributed by atoms with Crippen LogP contribution in [-0.2, 0) is 0 Å². The van der Waals surface area contributed by atoms with Gasteiger partial charge in [0.05, 0.1) is 16.8 Å². The van der Waals surface area contributed by atoms with Crippen molar-refractivity contribution in [2.75, 3.05) is 6.54 Å². The van der Waals surface area contributed by atoms with Crippen LogP contribution in [0.2, 0.25) is 0 Å². The minimum absolute atomic E-state index is 0.0581. The van der Waals surface area contributed by atoms with E-state index in [1.54, 1.807) is 12.4 Å². The minimum atomic E-state index is -0.0581. The molecule has 1 N–H and O–H groups in total. The fourth-order valence-electron chi connectivity index (χ4n) is 3.62. The molecule has 0 saturated carbocycles. The highest BCUT2D eigenvalue weighted by molar-refractivity contribution is 9.10. The average Bonchev–Trinajstić information content (AvgIpc) is 2.74. The van der Waals surface area contributed by atoms with Gasteiger partial charge in [0.2, 0.25) is 0 Å². The number of amides is 1. The van der Waals surface area contributed by atoms with Gasteiger partial charge in [0.25, 0.3) is 5.91 Å². The Hall–Kier alpha value is -2.53. The van der Waals surface area contributed by atoms with Gasteiger partial charge in [0, 0.05) is 34.4 Å². The predicted molar refractivity (Wildman–Crippen MR) is 116 cm³/mol. The van der Waals surface area contributed by atoms with Crippen molar-refractivity contribution in [2.24, 2.45) is 0 Å². The molecule has 142 valence electrons. The van der Waals surface area contributed by atoms with Gasteiger partial charge < -0.3 is 5.32 Å². The van der Waals surface area contributed by atoms with Gasteiger partial charge in [0.1, 0.15) is 0 Å². The molecule has 3 aromatic rings. The summed E-state index contributed by atoms with van der Waals surface area (Å²) >= 11 is 3.51. The highest BCUT2D eigenvalue weighted by Gasteiger charge is 2.15. The number of carbonyl (C=O) groups is 1. The SMILES string of the molecule is O=C(NCCC1=CCCCC1)c1cc(-c2ccncc2)nc2ccc(Br)cc12. The van der Waals surface area contributed by atoms with E-state index >= 15 is 0 Å². The van der Waals surface area contributed by atoms with Gasteiger partial charge in [-0.1, -0.05) is 27.6 Å². The molecule has 0 radical (unpaired) electrons. The lowest BCUT2D eigenvalue weighted by Gasteiger charge is -2.14. The molecule has 0 unspecified atom stereocenters. The summed E-state index contributed by atoms with van der Waals surface area (Å²) in [6.07, 6.45) is 11.6. The van der Waals surface area contributed by atoms with Crippen LogP contribution in [0.4, 0.5) is 0 Å². The molecule has 28 heavy (non-hydrogen) atoms. The number of nitrogens with zero attached hydrogens (tertiary/aromatic N) is 2. The first kappa shape index (κ1) is 18.8. The minimum Gasteiger partial charge on any atom is -0.352 e. The number of rotatable bonds is 5. The van der Waals surface area contributed by atoms with Gasteiger partial charge in [-0.25, -0.2) is 4.98 Å². The van der Waals surface area contributed by atoms with E-state index < -0.39 is 0 Å². The van der Waals surface area contributed by atoms with Crippen molar-refractivity contribution in [2.45, 2.75) is 32.1 Å². The summed E-state index contributed by atoms with van der Waals surface area (Å²) in [4.78, 5) is 21.8. The van der Waals surface area contributed by atoms with Crippen molar-refractivity contribution in [3.05, 3.63) is 70.5 Å². The van der Waals surface area contributed by atoms with Crippen LogP contribution in [0, 0.1) is 0 Å². The zero-order valence-electron chi connectivity index (χ0n) is 15.6. The number of pyridine rings is 2. The van der Waals surface area contributed by atoms with E-state index in [0.29, 0.717) is 12.1 Å². The molecule has 2 aromatic heterocycles. The molecule has 0 saturated heterocycles. The van der Waals surface area contributed by atoms with E-state index in [-0.39, 0.29) is 5.91 Å². The summed E-state index contributed by atoms with van der Waals surface area (Å²) in [5.74, 6) is -0.0581. The van der Waals surface area contributed by atoms with Gasteiger partial charge in [-0.2, -0.15) is 0 Å². The van der Waals surface area contributed by atoms with E-state index in [2.05, 4.69) is 32.3 Å². The number of hydrogen-bond acceptors (Lipinski definition) is 3. The molecule has 5 heteroatoms. The maximum Gasteiger partial charge on any atom is 0.252 e. The van der Waals surface area contributed by atoms with Crippen LogP contribution in [0.25, 0.3) is 22.2 Å². The number of hydrogen-bond donors (Lipinski definition) is 1. The quantitative estimate of drug-likeness (QED) is 0.524. The third-order valence-corrected chi connectivity index (χ3v) is 5.60. The summed E-state index contributed by atoms with van der Waals surface area (Å²) < 4.78 is 0.930. The van der Waals surface area contributed by atoms with E-state index in [9.17, 15) is 4.79 Å². The molecule has 2 heterocycles. The van der Waals surface area contributed by atoms with Crippen LogP contribution in [0.3, 0.4) is 0 Å². The molecule has 0 atom stereocenters. The Morgan fingerprint density at radius 1 is 1.11 bits per heavy atom. The molecule has 1 aromatic carbocycles. The number of carbonyl (C=O) groups excluding carboxylic acids is 1. The molecule has 0 aliphatic heterocycles. The number of halogens is 1. The van der Waals surface area contributed by atoms with E-state index in [1.807, 2.05) is 36.4 Å². The van der Waals surface area contributed by atoms with Gasteiger partial charge in [0.15, 0.2) is 0 Å². The number of benzene rings is 1. The Bertz CT molecular complexity index is 1030. The summed E-state index contributed by atoms with van der Waals surface area (Å²) in [6.45, 7) is 0.660. The Balaban J connectivity index is 1.62. The fraction of sp³-hybridized carbons (Fsp3) is 0.261. The molecule has 1 aliphatic carbocycles. The van der Waals surface area contributed by atoms with Crippen LogP contribution < -0.4 is 5.32 Å². The highest BCUT2D eigenvalue weighted by atomic mass is 79.9. The van der Waals surface area contributed by atoms with E-state index in [4.69, 9.17) is 4.98 Å². The van der Waals surface area contributed by atoms with Crippen molar-refractivity contribution in [3.8, 4) is 11.3 Å². The molecule has 4 rings (SSSR count). The molecular weight excluding hydrogens is 414 g/mol. The zero-order valence-corrected chi connectivity index (χ0v) is 17.2. The highest BCUT2D eigenvalue weighted by Crippen LogP contribution is 2.27. The number of fused-ring (bicyclic) bond motifs is 1. The molecule has 1 amide bonds. The predicted octanol–water partition coefficient (Wildman–Crippen LogP) is 5.68. The van der Waals surface area contributed by atoms with E-state index in [1.165, 1.54) is 24.8 Å². The van der Waals surface area contributed by atoms with Crippen LogP contribution in [0.1, 0.15) is 42.5 Å².